The van der Waals surface area contributed by atoms with Crippen LogP contribution in [-0.2, 0) is 38.0 Å². The summed E-state index contributed by atoms with van der Waals surface area (Å²) >= 11 is 0. The summed E-state index contributed by atoms with van der Waals surface area (Å²) in [4.78, 5) is 25.6. The molecule has 0 saturated carbocycles. The summed E-state index contributed by atoms with van der Waals surface area (Å²) in [6, 6.07) is -1.16. The second kappa shape index (κ2) is 30.4. The van der Waals surface area contributed by atoms with E-state index in [1.807, 2.05) is 44.2 Å². The van der Waals surface area contributed by atoms with E-state index in [0.717, 1.165) is 0 Å². The number of cyclic esters (lactones) is 1. The molecule has 0 radical (unpaired) electrons. The molecule has 74 heavy (non-hydrogen) atoms. The van der Waals surface area contributed by atoms with Crippen molar-refractivity contribution in [3.63, 3.8) is 0 Å². The molecular weight excluding hydrogens is 971 g/mol. The highest BCUT2D eigenvalue weighted by atomic mass is 16.7. The van der Waals surface area contributed by atoms with Gasteiger partial charge in [-0.25, -0.2) is 0 Å². The molecule has 3 fully saturated rings. The van der Waals surface area contributed by atoms with E-state index < -0.39 is 172 Å². The highest BCUT2D eigenvalue weighted by molar-refractivity contribution is 5.71. The van der Waals surface area contributed by atoms with Crippen LogP contribution in [0.3, 0.4) is 0 Å². The molecule has 0 aliphatic carbocycles. The number of hydrogen-bond donors (Lipinski definition) is 13. The molecule has 1 unspecified atom stereocenters. The van der Waals surface area contributed by atoms with E-state index in [2.05, 4.69) is 0 Å². The number of carbonyl (C=O) groups is 2. The van der Waals surface area contributed by atoms with Gasteiger partial charge in [-0.3, -0.25) is 9.59 Å². The van der Waals surface area contributed by atoms with Crippen LogP contribution < -0.4 is 5.73 Å². The number of rotatable bonds is 5. The first-order valence-corrected chi connectivity index (χ1v) is 25.6. The molecule has 0 amide bonds. The Morgan fingerprint density at radius 1 is 0.608 bits per heavy atom. The van der Waals surface area contributed by atoms with Crippen molar-refractivity contribution in [2.24, 2.45) is 23.5 Å². The molecule has 0 aromatic heterocycles. The lowest BCUT2D eigenvalue weighted by Crippen LogP contribution is -2.61. The number of carboxylic acids is 1. The zero-order valence-corrected chi connectivity index (χ0v) is 42.9. The smallest absolute Gasteiger partial charge is 0.311 e. The van der Waals surface area contributed by atoms with Gasteiger partial charge in [0.05, 0.1) is 91.8 Å². The standard InChI is InChI=1S/C53H83NO20/c1-29-18-16-14-12-10-8-6-7-9-11-13-15-17-19-37(72-52-49(65)46(54)48(64)33(5)71-52)25-42-45(51(66)67)41(61)28-53(68,74-42)27-36(57)23-39(59)38(58)21-20-34(55)22-35(56)24-43(62)69-31(3)30(2)50(29)73-44-26-40(60)47(63)32(4)70-44/h6-19,29-42,44-50,52,55-61,63-65,68H,20-28,54H2,1-5H3,(H,66,67)/b7-6+,10-8+,11-9+,14-12+,15-13+,18-16+,19-17+/t29-,30-,31-,32-,33+,34+,35+,36-,37-,38+,39+,40+,41-,42-,44?,45+,46-,47-,48+,49-,50+,52-,53+/m0/s1. The zero-order chi connectivity index (χ0) is 54.9. The van der Waals surface area contributed by atoms with Crippen molar-refractivity contribution in [3.8, 4) is 0 Å². The molecule has 2 bridgehead atoms. The maximum Gasteiger partial charge on any atom is 0.311 e. The van der Waals surface area contributed by atoms with Crippen LogP contribution in [0.1, 0.15) is 92.4 Å². The lowest BCUT2D eigenvalue weighted by molar-refractivity contribution is -0.308. The number of fused-ring (bicyclic) bond motifs is 2. The molecule has 4 heterocycles. The lowest BCUT2D eigenvalue weighted by atomic mass is 9.82. The van der Waals surface area contributed by atoms with Crippen molar-refractivity contribution < 1.29 is 99.3 Å². The second-order valence-corrected chi connectivity index (χ2v) is 20.2. The molecule has 4 aliphatic rings. The normalized spacial score (nSPS) is 46.7. The van der Waals surface area contributed by atoms with Gasteiger partial charge in [0.2, 0.25) is 0 Å². The zero-order valence-electron chi connectivity index (χ0n) is 42.9. The number of allylic oxidation sites excluding steroid dienone is 12. The van der Waals surface area contributed by atoms with E-state index in [1.165, 1.54) is 13.0 Å². The molecule has 21 heteroatoms. The Balaban J connectivity index is 1.57. The number of aliphatic hydroxyl groups excluding tert-OH is 10. The molecule has 4 rings (SSSR count). The van der Waals surface area contributed by atoms with Gasteiger partial charge in [-0.05, 0) is 40.0 Å². The van der Waals surface area contributed by atoms with Gasteiger partial charge in [0.1, 0.15) is 24.2 Å². The van der Waals surface area contributed by atoms with Crippen LogP contribution in [0.2, 0.25) is 0 Å². The third-order valence-corrected chi connectivity index (χ3v) is 14.0. The average Bonchev–Trinajstić information content (AvgIpc) is 3.31. The summed E-state index contributed by atoms with van der Waals surface area (Å²) in [6.07, 6.45) is -0.424. The van der Waals surface area contributed by atoms with Gasteiger partial charge in [0, 0.05) is 43.9 Å². The maximum atomic E-state index is 13.1. The van der Waals surface area contributed by atoms with Gasteiger partial charge in [-0.1, -0.05) is 98.9 Å². The van der Waals surface area contributed by atoms with Gasteiger partial charge >= 0.3 is 11.9 Å². The van der Waals surface area contributed by atoms with Gasteiger partial charge in [-0.2, -0.15) is 0 Å². The average molecular weight is 1050 g/mol. The van der Waals surface area contributed by atoms with Gasteiger partial charge in [-0.15, -0.1) is 0 Å². The largest absolute Gasteiger partial charge is 0.481 e. The SMILES string of the molecule is C[C@@H]1[C@H](OC2C[C@@H](O)[C@@H](O)[C@H](C)O2)[C@@H](C)/C=C/C=C/C=C/C=C/C=C/C=C/C=C/[C@H](O[C@@H]2O[C@H](C)[C@@H](O)[C@H](N)[C@@H]2O)C[C@@H]2O[C@](O)(C[C@@H](O)C[C@@H](O)[C@H](O)CC[C@@H](O)C[C@@H](O)CC(=O)O[C@H]1C)C[C@H](O)[C@H]2C(=O)O. The molecule has 14 N–H and O–H groups in total. The van der Waals surface area contributed by atoms with Crippen molar-refractivity contribution in [1.82, 2.24) is 0 Å². The second-order valence-electron chi connectivity index (χ2n) is 20.2. The van der Waals surface area contributed by atoms with Crippen LogP contribution in [0.25, 0.3) is 0 Å². The van der Waals surface area contributed by atoms with Crippen LogP contribution in [0.15, 0.2) is 85.1 Å². The molecule has 0 spiro atoms. The molecule has 4 aliphatic heterocycles. The first-order valence-electron chi connectivity index (χ1n) is 25.6. The number of esters is 1. The van der Waals surface area contributed by atoms with E-state index in [-0.39, 0.29) is 38.0 Å². The summed E-state index contributed by atoms with van der Waals surface area (Å²) in [5.74, 6) is -6.89. The Kier molecular flexibility index (Phi) is 25.9. The molecule has 3 saturated heterocycles. The first-order chi connectivity index (χ1) is 34.9. The van der Waals surface area contributed by atoms with Gasteiger partial charge in [0.15, 0.2) is 18.4 Å². The molecule has 21 nitrogen and oxygen atoms in total. The van der Waals surface area contributed by atoms with Crippen molar-refractivity contribution in [2.75, 3.05) is 0 Å². The Labute approximate surface area is 433 Å². The fourth-order valence-corrected chi connectivity index (χ4v) is 9.49. The predicted octanol–water partition coefficient (Wildman–Crippen LogP) is 0.593. The summed E-state index contributed by atoms with van der Waals surface area (Å²) in [6.45, 7) is 8.56. The first kappa shape index (κ1) is 63.0. The number of ether oxygens (including phenoxy) is 6. The van der Waals surface area contributed by atoms with Crippen molar-refractivity contribution in [3.05, 3.63) is 85.1 Å². The fraction of sp³-hybridized carbons (Fsp3) is 0.698. The number of aliphatic hydroxyl groups is 11. The van der Waals surface area contributed by atoms with Crippen molar-refractivity contribution >= 4 is 11.9 Å². The minimum absolute atomic E-state index is 0.0124. The van der Waals surface area contributed by atoms with Crippen molar-refractivity contribution in [2.45, 2.75) is 214 Å². The summed E-state index contributed by atoms with van der Waals surface area (Å²) in [7, 11) is 0. The minimum atomic E-state index is -2.35. The molecule has 420 valence electrons. The number of hydrogen-bond acceptors (Lipinski definition) is 20. The van der Waals surface area contributed by atoms with Crippen LogP contribution in [0.4, 0.5) is 0 Å². The number of nitrogens with two attached hydrogens (primary N) is 1. The number of carbonyl (C=O) groups excluding carboxylic acids is 1. The highest BCUT2D eigenvalue weighted by Crippen LogP contribution is 2.38. The topological polar surface area (TPSA) is 358 Å². The molecule has 0 aromatic carbocycles. The minimum Gasteiger partial charge on any atom is -0.481 e. The van der Waals surface area contributed by atoms with Gasteiger partial charge < -0.3 is 95.4 Å². The fourth-order valence-electron chi connectivity index (χ4n) is 9.49. The van der Waals surface area contributed by atoms with E-state index in [1.54, 1.807) is 62.5 Å². The van der Waals surface area contributed by atoms with Crippen LogP contribution in [0.5, 0.6) is 0 Å². The Bertz CT molecular complexity index is 1920. The van der Waals surface area contributed by atoms with Crippen molar-refractivity contribution in [1.29, 1.82) is 0 Å². The van der Waals surface area contributed by atoms with E-state index in [9.17, 15) is 70.9 Å². The Morgan fingerprint density at radius 3 is 1.78 bits per heavy atom. The van der Waals surface area contributed by atoms with Gasteiger partial charge in [0.25, 0.3) is 0 Å². The van der Waals surface area contributed by atoms with E-state index in [4.69, 9.17) is 34.2 Å². The predicted molar refractivity (Wildman–Crippen MR) is 267 cm³/mol. The monoisotopic (exact) mass is 1050 g/mol. The number of carboxylic acid groups (broad SMARTS) is 1. The quantitative estimate of drug-likeness (QED) is 0.168. The third-order valence-electron chi connectivity index (χ3n) is 14.0. The Hall–Kier alpha value is -3.56. The Morgan fingerprint density at radius 2 is 1.19 bits per heavy atom. The summed E-state index contributed by atoms with van der Waals surface area (Å²) in [5.41, 5.74) is 6.04. The van der Waals surface area contributed by atoms with Crippen LogP contribution >= 0.6 is 0 Å². The van der Waals surface area contributed by atoms with E-state index in [0.29, 0.717) is 0 Å². The summed E-state index contributed by atoms with van der Waals surface area (Å²) < 4.78 is 35.7. The van der Waals surface area contributed by atoms with Crippen LogP contribution in [0, 0.1) is 17.8 Å². The molecule has 0 aromatic rings. The molecular formula is C53H83NO20. The number of aliphatic carboxylic acids is 1. The van der Waals surface area contributed by atoms with Crippen LogP contribution in [-0.4, -0.2) is 195 Å². The maximum absolute atomic E-state index is 13.1. The van der Waals surface area contributed by atoms with E-state index >= 15 is 0 Å². The summed E-state index contributed by atoms with van der Waals surface area (Å²) in [5, 5.41) is 129. The lowest BCUT2D eigenvalue weighted by Gasteiger charge is -2.45. The highest BCUT2D eigenvalue weighted by Gasteiger charge is 2.51. The molecule has 23 atom stereocenters. The third kappa shape index (κ3) is 19.8.